The highest BCUT2D eigenvalue weighted by atomic mass is 32.2. The molecule has 23 heavy (non-hydrogen) atoms. The van der Waals surface area contributed by atoms with Gasteiger partial charge in [-0.2, -0.15) is 0 Å². The maximum atomic E-state index is 12.0. The average Bonchev–Trinajstić information content (AvgIpc) is 2.93. The number of rotatable bonds is 7. The summed E-state index contributed by atoms with van der Waals surface area (Å²) in [4.78, 5) is 18.1. The van der Waals surface area contributed by atoms with Gasteiger partial charge in [0, 0.05) is 31.7 Å². The lowest BCUT2D eigenvalue weighted by Crippen LogP contribution is -2.53. The Morgan fingerprint density at radius 3 is 2.35 bits per heavy atom. The zero-order valence-corrected chi connectivity index (χ0v) is 15.3. The van der Waals surface area contributed by atoms with Crippen LogP contribution in [-0.4, -0.2) is 69.7 Å². The highest BCUT2D eigenvalue weighted by Gasteiger charge is 2.22. The molecule has 0 spiro atoms. The van der Waals surface area contributed by atoms with Gasteiger partial charge in [-0.15, -0.1) is 0 Å². The Labute approximate surface area is 139 Å². The lowest BCUT2D eigenvalue weighted by atomic mass is 10.1. The minimum atomic E-state index is -3.29. The van der Waals surface area contributed by atoms with E-state index in [1.807, 2.05) is 11.8 Å². The molecular formula is C14H29N5O3S. The third-order valence-corrected chi connectivity index (χ3v) is 4.26. The van der Waals surface area contributed by atoms with Crippen molar-refractivity contribution in [2.75, 3.05) is 39.0 Å². The highest BCUT2D eigenvalue weighted by Crippen LogP contribution is 2.07. The Balaban J connectivity index is 2.56. The molecule has 1 rings (SSSR count). The quantitative estimate of drug-likeness (QED) is 0.425. The summed E-state index contributed by atoms with van der Waals surface area (Å²) >= 11 is 0. The van der Waals surface area contributed by atoms with Gasteiger partial charge in [-0.3, -0.25) is 4.79 Å². The summed E-state index contributed by atoms with van der Waals surface area (Å²) in [6.45, 7) is 8.20. The van der Waals surface area contributed by atoms with Gasteiger partial charge >= 0.3 is 0 Å². The number of nitrogens with one attached hydrogen (secondary N) is 3. The number of hydrogen-bond acceptors (Lipinski definition) is 4. The maximum absolute atomic E-state index is 12.0. The molecule has 0 atom stereocenters. The predicted octanol–water partition coefficient (Wildman–Crippen LogP) is -0.508. The molecule has 0 aromatic carbocycles. The summed E-state index contributed by atoms with van der Waals surface area (Å²) < 4.78 is 25.2. The summed E-state index contributed by atoms with van der Waals surface area (Å²) in [6, 6.07) is 0. The van der Waals surface area contributed by atoms with Crippen LogP contribution in [0.25, 0.3) is 0 Å². The Morgan fingerprint density at radius 2 is 1.83 bits per heavy atom. The number of guanidine groups is 1. The van der Waals surface area contributed by atoms with Crippen molar-refractivity contribution < 1.29 is 13.2 Å². The molecule has 0 bridgehead atoms. The van der Waals surface area contributed by atoms with Gasteiger partial charge in [0.25, 0.3) is 0 Å². The first-order chi connectivity index (χ1) is 10.6. The van der Waals surface area contributed by atoms with E-state index in [1.54, 1.807) is 13.8 Å². The largest absolute Gasteiger partial charge is 0.357 e. The number of carbonyl (C=O) groups is 1. The van der Waals surface area contributed by atoms with E-state index >= 15 is 0 Å². The van der Waals surface area contributed by atoms with E-state index < -0.39 is 15.6 Å². The first kappa shape index (κ1) is 19.7. The second-order valence-corrected chi connectivity index (χ2v) is 8.14. The third-order valence-electron chi connectivity index (χ3n) is 3.33. The lowest BCUT2D eigenvalue weighted by molar-refractivity contribution is -0.128. The van der Waals surface area contributed by atoms with Crippen molar-refractivity contribution >= 4 is 21.9 Å². The zero-order valence-electron chi connectivity index (χ0n) is 14.5. The zero-order chi connectivity index (χ0) is 17.5. The van der Waals surface area contributed by atoms with Crippen molar-refractivity contribution in [1.82, 2.24) is 20.3 Å². The van der Waals surface area contributed by atoms with Gasteiger partial charge in [0.05, 0.1) is 6.26 Å². The topological polar surface area (TPSA) is 103 Å². The van der Waals surface area contributed by atoms with Crippen molar-refractivity contribution in [3.63, 3.8) is 0 Å². The van der Waals surface area contributed by atoms with E-state index in [-0.39, 0.29) is 12.5 Å². The monoisotopic (exact) mass is 347 g/mol. The number of sulfonamides is 1. The number of likely N-dealkylation sites (tertiary alicyclic amines) is 1. The Kier molecular flexibility index (Phi) is 7.27. The Bertz CT molecular complexity index is 525. The summed E-state index contributed by atoms with van der Waals surface area (Å²) in [5.74, 6) is 0.525. The van der Waals surface area contributed by atoms with E-state index in [1.165, 1.54) is 0 Å². The number of aliphatic imine (C=N–C) groups is 1. The molecule has 0 aromatic heterocycles. The second-order valence-electron chi connectivity index (χ2n) is 6.39. The van der Waals surface area contributed by atoms with Crippen molar-refractivity contribution in [2.45, 2.75) is 39.2 Å². The standard InChI is InChI=1S/C14H29N5O3S/c1-5-15-13(16-10-12(20)19-8-6-7-9-19)17-11-14(2,3)18-23(4,21)22/h18H,5-11H2,1-4H3,(H2,15,16,17). The molecule has 1 heterocycles. The molecule has 0 aromatic rings. The van der Waals surface area contributed by atoms with Crippen LogP contribution in [0.1, 0.15) is 33.6 Å². The van der Waals surface area contributed by atoms with Crippen molar-refractivity contribution in [2.24, 2.45) is 4.99 Å². The van der Waals surface area contributed by atoms with E-state index in [0.717, 1.165) is 32.2 Å². The van der Waals surface area contributed by atoms with Crippen LogP contribution in [0, 0.1) is 0 Å². The molecule has 0 unspecified atom stereocenters. The lowest BCUT2D eigenvalue weighted by Gasteiger charge is -2.26. The number of carbonyl (C=O) groups excluding carboxylic acids is 1. The van der Waals surface area contributed by atoms with Crippen LogP contribution in [0.15, 0.2) is 4.99 Å². The Morgan fingerprint density at radius 1 is 1.22 bits per heavy atom. The van der Waals surface area contributed by atoms with Crippen molar-refractivity contribution in [3.8, 4) is 0 Å². The first-order valence-electron chi connectivity index (χ1n) is 7.92. The molecule has 1 aliphatic heterocycles. The fourth-order valence-electron chi connectivity index (χ4n) is 2.40. The van der Waals surface area contributed by atoms with E-state index in [9.17, 15) is 13.2 Å². The highest BCUT2D eigenvalue weighted by molar-refractivity contribution is 7.88. The average molecular weight is 347 g/mol. The molecule has 0 radical (unpaired) electrons. The molecular weight excluding hydrogens is 318 g/mol. The summed E-state index contributed by atoms with van der Waals surface area (Å²) in [5, 5.41) is 6.13. The predicted molar refractivity (Wildman–Crippen MR) is 91.9 cm³/mol. The van der Waals surface area contributed by atoms with E-state index in [0.29, 0.717) is 19.0 Å². The molecule has 8 nitrogen and oxygen atoms in total. The minimum Gasteiger partial charge on any atom is -0.357 e. The van der Waals surface area contributed by atoms with Crippen LogP contribution >= 0.6 is 0 Å². The molecule has 0 saturated carbocycles. The van der Waals surface area contributed by atoms with E-state index in [2.05, 4.69) is 20.3 Å². The Hall–Kier alpha value is -1.35. The summed E-state index contributed by atoms with van der Waals surface area (Å²) in [5.41, 5.74) is -0.664. The third kappa shape index (κ3) is 8.17. The molecule has 1 fully saturated rings. The van der Waals surface area contributed by atoms with Crippen LogP contribution in [0.4, 0.5) is 0 Å². The van der Waals surface area contributed by atoms with Gasteiger partial charge in [0.15, 0.2) is 5.96 Å². The van der Waals surface area contributed by atoms with Crippen LogP contribution in [0.5, 0.6) is 0 Å². The van der Waals surface area contributed by atoms with Gasteiger partial charge in [0.1, 0.15) is 6.54 Å². The van der Waals surface area contributed by atoms with Gasteiger partial charge < -0.3 is 15.5 Å². The van der Waals surface area contributed by atoms with Gasteiger partial charge in [-0.25, -0.2) is 18.1 Å². The minimum absolute atomic E-state index is 0.0215. The number of nitrogens with zero attached hydrogens (tertiary/aromatic N) is 2. The maximum Gasteiger partial charge on any atom is 0.244 e. The summed E-state index contributed by atoms with van der Waals surface area (Å²) in [7, 11) is -3.29. The fourth-order valence-corrected chi connectivity index (χ4v) is 3.47. The van der Waals surface area contributed by atoms with Crippen molar-refractivity contribution in [3.05, 3.63) is 0 Å². The normalized spacial score (nSPS) is 16.5. The van der Waals surface area contributed by atoms with Gasteiger partial charge in [0.2, 0.25) is 15.9 Å². The number of amides is 1. The van der Waals surface area contributed by atoms with Crippen LogP contribution < -0.4 is 15.4 Å². The molecule has 134 valence electrons. The molecule has 1 amide bonds. The van der Waals surface area contributed by atoms with Crippen LogP contribution in [0.3, 0.4) is 0 Å². The molecule has 3 N–H and O–H groups in total. The van der Waals surface area contributed by atoms with E-state index in [4.69, 9.17) is 0 Å². The molecule has 1 aliphatic rings. The van der Waals surface area contributed by atoms with Crippen molar-refractivity contribution in [1.29, 1.82) is 0 Å². The fraction of sp³-hybridized carbons (Fsp3) is 0.857. The second kappa shape index (κ2) is 8.49. The van der Waals surface area contributed by atoms with Crippen LogP contribution in [0.2, 0.25) is 0 Å². The first-order valence-corrected chi connectivity index (χ1v) is 9.81. The molecule has 9 heteroatoms. The SMILES string of the molecule is CCNC(=NCC(=O)N1CCCC1)NCC(C)(C)NS(C)(=O)=O. The van der Waals surface area contributed by atoms with Gasteiger partial charge in [-0.05, 0) is 33.6 Å². The smallest absolute Gasteiger partial charge is 0.244 e. The molecule has 0 aliphatic carbocycles. The summed E-state index contributed by atoms with van der Waals surface area (Å²) in [6.07, 6.45) is 3.24. The molecule has 1 saturated heterocycles. The van der Waals surface area contributed by atoms with Crippen LogP contribution in [-0.2, 0) is 14.8 Å². The number of hydrogen-bond donors (Lipinski definition) is 3. The van der Waals surface area contributed by atoms with Gasteiger partial charge in [-0.1, -0.05) is 0 Å².